The third kappa shape index (κ3) is 3.21. The minimum Gasteiger partial charge on any atom is -0.404 e. The molecule has 2 atom stereocenters. The van der Waals surface area contributed by atoms with Crippen molar-refractivity contribution in [2.45, 2.75) is 45.6 Å². The number of allylic oxidation sites excluding steroid dienone is 1. The van der Waals surface area contributed by atoms with Gasteiger partial charge >= 0.3 is 0 Å². The van der Waals surface area contributed by atoms with Gasteiger partial charge in [0.25, 0.3) is 0 Å². The van der Waals surface area contributed by atoms with Crippen molar-refractivity contribution in [1.29, 1.82) is 0 Å². The monoisotopic (exact) mass is 180 g/mol. The van der Waals surface area contributed by atoms with Crippen LogP contribution in [-0.4, -0.2) is 12.3 Å². The molecular formula is C11H20N2. The minimum absolute atomic E-state index is 0.552. The van der Waals surface area contributed by atoms with Gasteiger partial charge in [-0.15, -0.1) is 0 Å². The first-order chi connectivity index (χ1) is 6.26. The van der Waals surface area contributed by atoms with Crippen LogP contribution < -0.4 is 5.73 Å². The first kappa shape index (κ1) is 10.3. The number of nitrogens with zero attached hydrogens (tertiary/aromatic N) is 1. The number of hydrogen-bond donors (Lipinski definition) is 1. The Morgan fingerprint density at radius 2 is 2.31 bits per heavy atom. The Balaban J connectivity index is 2.39. The second-order valence-corrected chi connectivity index (χ2v) is 3.95. The minimum atomic E-state index is 0.552. The third-order valence-electron chi connectivity index (χ3n) is 2.74. The molecule has 2 N–H and O–H groups in total. The first-order valence-corrected chi connectivity index (χ1v) is 5.20. The molecule has 1 aliphatic rings. The van der Waals surface area contributed by atoms with Crippen LogP contribution in [0.15, 0.2) is 16.8 Å². The van der Waals surface area contributed by atoms with E-state index in [4.69, 9.17) is 5.73 Å². The van der Waals surface area contributed by atoms with E-state index in [1.165, 1.54) is 19.3 Å². The summed E-state index contributed by atoms with van der Waals surface area (Å²) in [4.78, 5) is 4.54. The Kier molecular flexibility index (Phi) is 4.00. The van der Waals surface area contributed by atoms with E-state index < -0.39 is 0 Å². The highest BCUT2D eigenvalue weighted by Crippen LogP contribution is 2.26. The molecule has 0 aliphatic heterocycles. The van der Waals surface area contributed by atoms with E-state index in [1.807, 2.05) is 6.21 Å². The van der Waals surface area contributed by atoms with Gasteiger partial charge in [-0.1, -0.05) is 13.8 Å². The van der Waals surface area contributed by atoms with Crippen molar-refractivity contribution in [2.24, 2.45) is 16.6 Å². The summed E-state index contributed by atoms with van der Waals surface area (Å²) in [6.45, 7) is 4.40. The maximum absolute atomic E-state index is 5.44. The maximum atomic E-state index is 5.44. The molecule has 2 heteroatoms. The molecule has 1 rings (SSSR count). The summed E-state index contributed by atoms with van der Waals surface area (Å²) in [5, 5.41) is 0. The summed E-state index contributed by atoms with van der Waals surface area (Å²) in [7, 11) is 0. The van der Waals surface area contributed by atoms with Gasteiger partial charge in [0.15, 0.2) is 0 Å². The third-order valence-corrected chi connectivity index (χ3v) is 2.74. The van der Waals surface area contributed by atoms with Gasteiger partial charge in [-0.3, -0.25) is 4.99 Å². The lowest BCUT2D eigenvalue weighted by atomic mass is 10.1. The van der Waals surface area contributed by atoms with Crippen molar-refractivity contribution in [3.8, 4) is 0 Å². The summed E-state index contributed by atoms with van der Waals surface area (Å²) in [5.41, 5.74) is 6.58. The molecule has 0 aromatic heterocycles. The summed E-state index contributed by atoms with van der Waals surface area (Å²) in [6, 6.07) is 0.552. The molecule has 0 heterocycles. The van der Waals surface area contributed by atoms with Gasteiger partial charge < -0.3 is 5.73 Å². The van der Waals surface area contributed by atoms with Crippen LogP contribution in [0.25, 0.3) is 0 Å². The van der Waals surface area contributed by atoms with Crippen LogP contribution in [0.3, 0.4) is 0 Å². The largest absolute Gasteiger partial charge is 0.404 e. The molecule has 0 bridgehead atoms. The van der Waals surface area contributed by atoms with Crippen LogP contribution >= 0.6 is 0 Å². The Morgan fingerprint density at radius 1 is 1.54 bits per heavy atom. The first-order valence-electron chi connectivity index (χ1n) is 5.20. The fourth-order valence-electron chi connectivity index (χ4n) is 1.77. The number of nitrogens with two attached hydrogens (primary N) is 1. The molecule has 74 valence electrons. The second kappa shape index (κ2) is 5.05. The fraction of sp³-hybridized carbons (Fsp3) is 0.727. The Morgan fingerprint density at radius 3 is 2.77 bits per heavy atom. The van der Waals surface area contributed by atoms with Crippen LogP contribution in [0.1, 0.15) is 39.5 Å². The van der Waals surface area contributed by atoms with Gasteiger partial charge in [0.2, 0.25) is 0 Å². The van der Waals surface area contributed by atoms with Gasteiger partial charge in [0.05, 0.1) is 6.04 Å². The smallest absolute Gasteiger partial charge is 0.0502 e. The molecule has 2 unspecified atom stereocenters. The summed E-state index contributed by atoms with van der Waals surface area (Å²) in [5.74, 6) is 0.856. The predicted molar refractivity (Wildman–Crippen MR) is 57.9 cm³/mol. The maximum Gasteiger partial charge on any atom is 0.0502 e. The molecule has 0 aromatic carbocycles. The van der Waals surface area contributed by atoms with E-state index >= 15 is 0 Å². The lowest BCUT2D eigenvalue weighted by Gasteiger charge is -2.02. The van der Waals surface area contributed by atoms with E-state index in [0.717, 1.165) is 17.9 Å². The van der Waals surface area contributed by atoms with Crippen molar-refractivity contribution in [1.82, 2.24) is 0 Å². The van der Waals surface area contributed by atoms with Crippen LogP contribution in [-0.2, 0) is 0 Å². The number of rotatable bonds is 3. The van der Waals surface area contributed by atoms with E-state index in [9.17, 15) is 0 Å². The number of aliphatic imine (C=N–C) groups is 1. The normalized spacial score (nSPS) is 30.2. The molecule has 0 spiro atoms. The molecule has 13 heavy (non-hydrogen) atoms. The van der Waals surface area contributed by atoms with Crippen molar-refractivity contribution >= 4 is 6.21 Å². The van der Waals surface area contributed by atoms with E-state index in [0.29, 0.717) is 6.04 Å². The van der Waals surface area contributed by atoms with E-state index in [-0.39, 0.29) is 0 Å². The molecule has 0 amide bonds. The van der Waals surface area contributed by atoms with Crippen molar-refractivity contribution in [3.63, 3.8) is 0 Å². The quantitative estimate of drug-likeness (QED) is 0.666. The Labute approximate surface area is 80.9 Å². The average Bonchev–Trinajstić information content (AvgIpc) is 2.53. The topological polar surface area (TPSA) is 38.4 Å². The molecule has 1 fully saturated rings. The highest BCUT2D eigenvalue weighted by Gasteiger charge is 2.19. The lowest BCUT2D eigenvalue weighted by molar-refractivity contribution is 0.595. The zero-order valence-electron chi connectivity index (χ0n) is 8.66. The summed E-state index contributed by atoms with van der Waals surface area (Å²) in [6.07, 6.45) is 8.40. The van der Waals surface area contributed by atoms with Crippen molar-refractivity contribution in [3.05, 3.63) is 11.8 Å². The molecule has 2 nitrogen and oxygen atoms in total. The van der Waals surface area contributed by atoms with Gasteiger partial charge in [-0.05, 0) is 43.4 Å². The van der Waals surface area contributed by atoms with E-state index in [1.54, 1.807) is 6.20 Å². The molecule has 0 saturated heterocycles. The van der Waals surface area contributed by atoms with Crippen LogP contribution in [0.4, 0.5) is 0 Å². The molecular weight excluding hydrogens is 160 g/mol. The second-order valence-electron chi connectivity index (χ2n) is 3.95. The van der Waals surface area contributed by atoms with Gasteiger partial charge in [0, 0.05) is 6.21 Å². The summed E-state index contributed by atoms with van der Waals surface area (Å²) >= 11 is 0. The lowest BCUT2D eigenvalue weighted by Crippen LogP contribution is -1.99. The van der Waals surface area contributed by atoms with Crippen molar-refractivity contribution < 1.29 is 0 Å². The molecule has 0 radical (unpaired) electrons. The average molecular weight is 180 g/mol. The zero-order valence-corrected chi connectivity index (χ0v) is 8.66. The Hall–Kier alpha value is -0.790. The van der Waals surface area contributed by atoms with Crippen LogP contribution in [0, 0.1) is 5.92 Å². The van der Waals surface area contributed by atoms with E-state index in [2.05, 4.69) is 18.8 Å². The number of hydrogen-bond acceptors (Lipinski definition) is 2. The van der Waals surface area contributed by atoms with Gasteiger partial charge in [-0.2, -0.15) is 0 Å². The standard InChI is InChI=1S/C11H20N2/c1-3-10(7-12)8-13-11-5-4-9(2)6-11/h7-9,11H,3-6,12H2,1-2H3. The van der Waals surface area contributed by atoms with Crippen molar-refractivity contribution in [2.75, 3.05) is 0 Å². The molecule has 1 saturated carbocycles. The molecule has 1 aliphatic carbocycles. The summed E-state index contributed by atoms with van der Waals surface area (Å²) < 4.78 is 0. The fourth-order valence-corrected chi connectivity index (χ4v) is 1.77. The van der Waals surface area contributed by atoms with Gasteiger partial charge in [-0.25, -0.2) is 0 Å². The SMILES string of the molecule is CCC(C=NC1CCC(C)C1)=CN. The van der Waals surface area contributed by atoms with Crippen LogP contribution in [0.5, 0.6) is 0 Å². The van der Waals surface area contributed by atoms with Crippen LogP contribution in [0.2, 0.25) is 0 Å². The Bertz CT molecular complexity index is 206. The predicted octanol–water partition coefficient (Wildman–Crippen LogP) is 2.50. The zero-order chi connectivity index (χ0) is 9.68. The highest BCUT2D eigenvalue weighted by molar-refractivity contribution is 5.78. The van der Waals surface area contributed by atoms with Gasteiger partial charge in [0.1, 0.15) is 0 Å². The highest BCUT2D eigenvalue weighted by atomic mass is 14.8. The molecule has 0 aromatic rings.